The summed E-state index contributed by atoms with van der Waals surface area (Å²) >= 11 is 0. The molecule has 0 saturated carbocycles. The Morgan fingerprint density at radius 3 is 2.83 bits per heavy atom. The van der Waals surface area contributed by atoms with E-state index >= 15 is 0 Å². The summed E-state index contributed by atoms with van der Waals surface area (Å²) in [5.41, 5.74) is 0.690. The molecule has 0 saturated heterocycles. The maximum absolute atomic E-state index is 13.0. The van der Waals surface area contributed by atoms with Gasteiger partial charge in [0.05, 0.1) is 17.4 Å². The Kier molecular flexibility index (Phi) is 5.08. The van der Waals surface area contributed by atoms with Crippen LogP contribution in [0.2, 0.25) is 0 Å². The van der Waals surface area contributed by atoms with Crippen molar-refractivity contribution < 1.29 is 22.4 Å². The fraction of sp³-hybridized carbons (Fsp3) is 0.400. The van der Waals surface area contributed by atoms with E-state index in [-0.39, 0.29) is 23.6 Å². The van der Waals surface area contributed by atoms with Crippen LogP contribution in [0.4, 0.5) is 13.2 Å². The number of halogens is 3. The third kappa shape index (κ3) is 3.94. The van der Waals surface area contributed by atoms with Crippen molar-refractivity contribution in [2.45, 2.75) is 51.4 Å². The molecule has 1 amide bonds. The van der Waals surface area contributed by atoms with E-state index in [1.807, 2.05) is 13.8 Å². The van der Waals surface area contributed by atoms with Crippen molar-refractivity contribution in [3.8, 4) is 11.3 Å². The molecule has 1 aliphatic rings. The molecule has 1 aliphatic heterocycles. The van der Waals surface area contributed by atoms with Crippen molar-refractivity contribution in [3.63, 3.8) is 0 Å². The van der Waals surface area contributed by atoms with Crippen LogP contribution in [0.25, 0.3) is 11.3 Å². The zero-order valence-corrected chi connectivity index (χ0v) is 16.4. The van der Waals surface area contributed by atoms with Gasteiger partial charge in [-0.25, -0.2) is 4.98 Å². The van der Waals surface area contributed by atoms with Crippen LogP contribution in [0, 0.1) is 0 Å². The van der Waals surface area contributed by atoms with Crippen molar-refractivity contribution >= 4 is 5.91 Å². The van der Waals surface area contributed by atoms with Gasteiger partial charge in [-0.05, 0) is 31.0 Å². The molecule has 0 aliphatic carbocycles. The zero-order valence-electron chi connectivity index (χ0n) is 16.4. The molecule has 0 spiro atoms. The van der Waals surface area contributed by atoms with Gasteiger partial charge in [0.25, 0.3) is 5.91 Å². The van der Waals surface area contributed by atoms with Gasteiger partial charge in [0, 0.05) is 24.2 Å². The number of nitrogens with zero attached hydrogens (tertiary/aromatic N) is 4. The molecular weight excluding hydrogens is 399 g/mol. The normalized spacial score (nSPS) is 16.5. The lowest BCUT2D eigenvalue weighted by atomic mass is 10.0. The van der Waals surface area contributed by atoms with Gasteiger partial charge in [0.2, 0.25) is 0 Å². The third-order valence-electron chi connectivity index (χ3n) is 4.93. The minimum absolute atomic E-state index is 0.0622. The first-order valence-electron chi connectivity index (χ1n) is 9.60. The summed E-state index contributed by atoms with van der Waals surface area (Å²) in [4.78, 5) is 20.2. The van der Waals surface area contributed by atoms with Crippen molar-refractivity contribution in [2.24, 2.45) is 0 Å². The van der Waals surface area contributed by atoms with Crippen molar-refractivity contribution in [2.75, 3.05) is 0 Å². The van der Waals surface area contributed by atoms with Crippen LogP contribution in [-0.4, -0.2) is 25.7 Å². The van der Waals surface area contributed by atoms with Crippen LogP contribution in [0.5, 0.6) is 0 Å². The van der Waals surface area contributed by atoms with Crippen LogP contribution in [0.15, 0.2) is 35.1 Å². The Bertz CT molecular complexity index is 1070. The quantitative estimate of drug-likeness (QED) is 0.680. The molecule has 1 atom stereocenters. The molecule has 3 aromatic heterocycles. The number of carbonyl (C=O) groups is 1. The Labute approximate surface area is 170 Å². The number of aromatic nitrogens is 4. The number of amides is 1. The molecule has 158 valence electrons. The lowest BCUT2D eigenvalue weighted by Crippen LogP contribution is -2.32. The molecule has 30 heavy (non-hydrogen) atoms. The number of hydrogen-bond acceptors (Lipinski definition) is 5. The van der Waals surface area contributed by atoms with Crippen LogP contribution >= 0.6 is 0 Å². The molecule has 0 aromatic carbocycles. The standard InChI is InChI=1S/C20H20F3N5O2/c1-11(2)19-26-15(10-30-19)18(29)25-13-4-3-7-28-16(13)9-14(27-28)12-5-6-24-17(8-12)20(21,22)23/h5-6,8-11,13H,3-4,7H2,1-2H3,(H,25,29). The largest absolute Gasteiger partial charge is 0.448 e. The van der Waals surface area contributed by atoms with Gasteiger partial charge in [-0.2, -0.15) is 18.3 Å². The Balaban J connectivity index is 1.58. The average molecular weight is 419 g/mol. The summed E-state index contributed by atoms with van der Waals surface area (Å²) < 4.78 is 46.0. The molecule has 0 radical (unpaired) electrons. The number of nitrogens with one attached hydrogen (secondary N) is 1. The van der Waals surface area contributed by atoms with E-state index in [9.17, 15) is 18.0 Å². The SMILES string of the molecule is CC(C)c1nc(C(=O)NC2CCCn3nc(-c4ccnc(C(F)(F)F)c4)cc32)co1. The predicted molar refractivity (Wildman–Crippen MR) is 100 cm³/mol. The molecule has 1 unspecified atom stereocenters. The number of carbonyl (C=O) groups excluding carboxylic acids is 1. The fourth-order valence-electron chi connectivity index (χ4n) is 3.41. The van der Waals surface area contributed by atoms with Crippen molar-refractivity contribution in [1.82, 2.24) is 25.1 Å². The maximum Gasteiger partial charge on any atom is 0.433 e. The van der Waals surface area contributed by atoms with Gasteiger partial charge in [0.15, 0.2) is 11.6 Å². The topological polar surface area (TPSA) is 85.8 Å². The molecular formula is C20H20F3N5O2. The first-order chi connectivity index (χ1) is 14.2. The second-order valence-electron chi connectivity index (χ2n) is 7.50. The van der Waals surface area contributed by atoms with Gasteiger partial charge in [-0.15, -0.1) is 0 Å². The number of pyridine rings is 1. The van der Waals surface area contributed by atoms with Crippen molar-refractivity contribution in [1.29, 1.82) is 0 Å². The summed E-state index contributed by atoms with van der Waals surface area (Å²) in [5.74, 6) is 0.177. The minimum atomic E-state index is -4.53. The highest BCUT2D eigenvalue weighted by Crippen LogP contribution is 2.32. The van der Waals surface area contributed by atoms with E-state index in [1.54, 1.807) is 10.7 Å². The van der Waals surface area contributed by atoms with Gasteiger partial charge in [0.1, 0.15) is 12.0 Å². The molecule has 10 heteroatoms. The smallest absolute Gasteiger partial charge is 0.433 e. The monoisotopic (exact) mass is 419 g/mol. The maximum atomic E-state index is 13.0. The molecule has 1 N–H and O–H groups in total. The number of rotatable bonds is 4. The van der Waals surface area contributed by atoms with E-state index < -0.39 is 11.9 Å². The van der Waals surface area contributed by atoms with Crippen molar-refractivity contribution in [3.05, 3.63) is 53.6 Å². The lowest BCUT2D eigenvalue weighted by molar-refractivity contribution is -0.141. The highest BCUT2D eigenvalue weighted by Gasteiger charge is 2.33. The second-order valence-corrected chi connectivity index (χ2v) is 7.50. The molecule has 4 rings (SSSR count). The highest BCUT2D eigenvalue weighted by atomic mass is 19.4. The number of oxazole rings is 1. The predicted octanol–water partition coefficient (Wildman–Crippen LogP) is 4.34. The van der Waals surface area contributed by atoms with Crippen LogP contribution < -0.4 is 5.32 Å². The zero-order chi connectivity index (χ0) is 21.5. The molecule has 4 heterocycles. The molecule has 7 nitrogen and oxygen atoms in total. The van der Waals surface area contributed by atoms with Gasteiger partial charge >= 0.3 is 6.18 Å². The first kappa shape index (κ1) is 20.1. The van der Waals surface area contributed by atoms with Crippen LogP contribution in [0.3, 0.4) is 0 Å². The molecule has 3 aromatic rings. The Hall–Kier alpha value is -3.17. The Morgan fingerprint density at radius 1 is 1.33 bits per heavy atom. The van der Waals surface area contributed by atoms with Crippen LogP contribution in [0.1, 0.15) is 66.4 Å². The summed E-state index contributed by atoms with van der Waals surface area (Å²) in [6, 6.07) is 3.85. The molecule has 0 bridgehead atoms. The van der Waals surface area contributed by atoms with E-state index in [0.717, 1.165) is 24.4 Å². The summed E-state index contributed by atoms with van der Waals surface area (Å²) in [6.07, 6.45) is -0.619. The lowest BCUT2D eigenvalue weighted by Gasteiger charge is -2.24. The first-order valence-corrected chi connectivity index (χ1v) is 9.60. The number of fused-ring (bicyclic) bond motifs is 1. The van der Waals surface area contributed by atoms with Gasteiger partial charge in [-0.3, -0.25) is 14.5 Å². The summed E-state index contributed by atoms with van der Waals surface area (Å²) in [5, 5.41) is 7.37. The highest BCUT2D eigenvalue weighted by molar-refractivity contribution is 5.92. The molecule has 0 fully saturated rings. The van der Waals surface area contributed by atoms with E-state index in [0.29, 0.717) is 30.1 Å². The fourth-order valence-corrected chi connectivity index (χ4v) is 3.41. The number of alkyl halides is 3. The number of hydrogen-bond donors (Lipinski definition) is 1. The minimum Gasteiger partial charge on any atom is -0.448 e. The average Bonchev–Trinajstić information content (AvgIpc) is 3.35. The summed E-state index contributed by atoms with van der Waals surface area (Å²) in [6.45, 7) is 4.45. The van der Waals surface area contributed by atoms with Gasteiger partial charge in [-0.1, -0.05) is 13.8 Å². The second kappa shape index (κ2) is 7.58. The summed E-state index contributed by atoms with van der Waals surface area (Å²) in [7, 11) is 0. The van der Waals surface area contributed by atoms with E-state index in [1.165, 1.54) is 12.3 Å². The van der Waals surface area contributed by atoms with Gasteiger partial charge < -0.3 is 9.73 Å². The Morgan fingerprint density at radius 2 is 2.13 bits per heavy atom. The van der Waals surface area contributed by atoms with E-state index in [4.69, 9.17) is 4.42 Å². The third-order valence-corrected chi connectivity index (χ3v) is 4.93. The number of aryl methyl sites for hydroxylation is 1. The van der Waals surface area contributed by atoms with Crippen LogP contribution in [-0.2, 0) is 12.7 Å². The van der Waals surface area contributed by atoms with E-state index in [2.05, 4.69) is 20.4 Å².